The summed E-state index contributed by atoms with van der Waals surface area (Å²) in [6.07, 6.45) is 2.45. The zero-order valence-electron chi connectivity index (χ0n) is 12.3. The van der Waals surface area contributed by atoms with Crippen molar-refractivity contribution < 1.29 is 4.74 Å². The standard InChI is InChI=1S/C19H21BrO/c1-14-11-12-21-19(14)18(20)17-9-7-16(8-10-17)13-15-5-3-2-4-6-15/h2-10,14,18-19H,11-13H2,1H3. The molecule has 3 rings (SSSR count). The molecule has 0 aliphatic carbocycles. The molecule has 1 nitrogen and oxygen atoms in total. The Kier molecular flexibility index (Phi) is 4.77. The summed E-state index contributed by atoms with van der Waals surface area (Å²) in [6, 6.07) is 19.5. The van der Waals surface area contributed by atoms with Gasteiger partial charge in [-0.05, 0) is 35.4 Å². The Morgan fingerprint density at radius 2 is 1.71 bits per heavy atom. The molecule has 1 heterocycles. The highest BCUT2D eigenvalue weighted by atomic mass is 79.9. The lowest BCUT2D eigenvalue weighted by Crippen LogP contribution is -2.19. The van der Waals surface area contributed by atoms with Gasteiger partial charge < -0.3 is 4.74 Å². The third kappa shape index (κ3) is 3.56. The van der Waals surface area contributed by atoms with E-state index in [0.29, 0.717) is 16.8 Å². The van der Waals surface area contributed by atoms with Crippen molar-refractivity contribution >= 4 is 15.9 Å². The van der Waals surface area contributed by atoms with Gasteiger partial charge in [-0.3, -0.25) is 0 Å². The molecule has 0 spiro atoms. The van der Waals surface area contributed by atoms with E-state index in [2.05, 4.69) is 77.5 Å². The summed E-state index contributed by atoms with van der Waals surface area (Å²) in [5.41, 5.74) is 4.02. The molecule has 0 N–H and O–H groups in total. The van der Waals surface area contributed by atoms with Gasteiger partial charge in [-0.15, -0.1) is 0 Å². The fraction of sp³-hybridized carbons (Fsp3) is 0.368. The monoisotopic (exact) mass is 344 g/mol. The smallest absolute Gasteiger partial charge is 0.0767 e. The van der Waals surface area contributed by atoms with Crippen molar-refractivity contribution in [2.75, 3.05) is 6.61 Å². The normalized spacial score (nSPS) is 23.1. The quantitative estimate of drug-likeness (QED) is 0.698. The Labute approximate surface area is 135 Å². The average Bonchev–Trinajstić information content (AvgIpc) is 2.94. The van der Waals surface area contributed by atoms with Crippen LogP contribution >= 0.6 is 15.9 Å². The fourth-order valence-electron chi connectivity index (χ4n) is 2.93. The number of hydrogen-bond acceptors (Lipinski definition) is 1. The van der Waals surface area contributed by atoms with Gasteiger partial charge in [0.05, 0.1) is 10.9 Å². The summed E-state index contributed by atoms with van der Waals surface area (Å²) < 4.78 is 5.86. The molecule has 0 saturated carbocycles. The Hall–Kier alpha value is -1.12. The van der Waals surface area contributed by atoms with Crippen molar-refractivity contribution in [1.82, 2.24) is 0 Å². The highest BCUT2D eigenvalue weighted by molar-refractivity contribution is 9.09. The van der Waals surface area contributed by atoms with Gasteiger partial charge >= 0.3 is 0 Å². The van der Waals surface area contributed by atoms with Crippen LogP contribution in [-0.2, 0) is 11.2 Å². The molecule has 0 bridgehead atoms. The molecule has 0 amide bonds. The second-order valence-electron chi connectivity index (χ2n) is 5.91. The van der Waals surface area contributed by atoms with Crippen LogP contribution in [0.3, 0.4) is 0 Å². The predicted octanol–water partition coefficient (Wildman–Crippen LogP) is 5.14. The predicted molar refractivity (Wildman–Crippen MR) is 90.9 cm³/mol. The first kappa shape index (κ1) is 14.8. The molecule has 1 aliphatic rings. The number of benzene rings is 2. The SMILES string of the molecule is CC1CCOC1C(Br)c1ccc(Cc2ccccc2)cc1. The van der Waals surface area contributed by atoms with E-state index in [1.165, 1.54) is 23.1 Å². The molecular formula is C19H21BrO. The minimum atomic E-state index is 0.292. The first-order chi connectivity index (χ1) is 10.2. The summed E-state index contributed by atoms with van der Waals surface area (Å²) in [5, 5.41) is 0. The molecule has 3 unspecified atom stereocenters. The number of rotatable bonds is 4. The van der Waals surface area contributed by atoms with Crippen LogP contribution in [0.5, 0.6) is 0 Å². The molecule has 3 atom stereocenters. The Balaban J connectivity index is 1.69. The average molecular weight is 345 g/mol. The molecule has 21 heavy (non-hydrogen) atoms. The maximum absolute atomic E-state index is 5.86. The molecule has 1 aliphatic heterocycles. The van der Waals surface area contributed by atoms with E-state index < -0.39 is 0 Å². The van der Waals surface area contributed by atoms with Crippen LogP contribution in [0.25, 0.3) is 0 Å². The summed E-state index contributed by atoms with van der Waals surface area (Å²) >= 11 is 3.82. The van der Waals surface area contributed by atoms with Crippen molar-refractivity contribution in [1.29, 1.82) is 0 Å². The maximum atomic E-state index is 5.86. The van der Waals surface area contributed by atoms with Crippen molar-refractivity contribution in [3.05, 3.63) is 71.3 Å². The van der Waals surface area contributed by atoms with Gasteiger partial charge in [0, 0.05) is 6.61 Å². The number of halogens is 1. The molecule has 1 saturated heterocycles. The first-order valence-corrected chi connectivity index (χ1v) is 8.54. The van der Waals surface area contributed by atoms with Crippen LogP contribution in [0, 0.1) is 5.92 Å². The van der Waals surface area contributed by atoms with Gasteiger partial charge in [0.1, 0.15) is 0 Å². The number of ether oxygens (including phenoxy) is 1. The molecule has 2 heteroatoms. The first-order valence-electron chi connectivity index (χ1n) is 7.62. The van der Waals surface area contributed by atoms with Gasteiger partial charge in [-0.1, -0.05) is 77.5 Å². The van der Waals surface area contributed by atoms with Crippen molar-refractivity contribution in [3.8, 4) is 0 Å². The molecule has 0 aromatic heterocycles. The lowest BCUT2D eigenvalue weighted by molar-refractivity contribution is 0.0935. The number of hydrogen-bond donors (Lipinski definition) is 0. The zero-order chi connectivity index (χ0) is 14.7. The van der Waals surface area contributed by atoms with Crippen LogP contribution < -0.4 is 0 Å². The Morgan fingerprint density at radius 3 is 2.33 bits per heavy atom. The van der Waals surface area contributed by atoms with Crippen LogP contribution in [0.15, 0.2) is 54.6 Å². The van der Waals surface area contributed by atoms with Crippen molar-refractivity contribution in [2.45, 2.75) is 30.7 Å². The van der Waals surface area contributed by atoms with Crippen LogP contribution in [0.1, 0.15) is 34.9 Å². The van der Waals surface area contributed by atoms with E-state index in [1.807, 2.05) is 0 Å². The molecule has 2 aromatic rings. The molecule has 0 radical (unpaired) electrons. The minimum Gasteiger partial charge on any atom is -0.376 e. The molecular weight excluding hydrogens is 324 g/mol. The summed E-state index contributed by atoms with van der Waals surface area (Å²) in [7, 11) is 0. The topological polar surface area (TPSA) is 9.23 Å². The second kappa shape index (κ2) is 6.76. The van der Waals surface area contributed by atoms with Gasteiger partial charge in [-0.2, -0.15) is 0 Å². The maximum Gasteiger partial charge on any atom is 0.0767 e. The van der Waals surface area contributed by atoms with Crippen LogP contribution in [0.2, 0.25) is 0 Å². The largest absolute Gasteiger partial charge is 0.376 e. The summed E-state index contributed by atoms with van der Waals surface area (Å²) in [6.45, 7) is 3.16. The van der Waals surface area contributed by atoms with E-state index in [0.717, 1.165) is 13.0 Å². The molecule has 1 fully saturated rings. The van der Waals surface area contributed by atoms with E-state index in [4.69, 9.17) is 4.74 Å². The van der Waals surface area contributed by atoms with Crippen LogP contribution in [-0.4, -0.2) is 12.7 Å². The highest BCUT2D eigenvalue weighted by Crippen LogP contribution is 2.37. The lowest BCUT2D eigenvalue weighted by Gasteiger charge is -2.21. The van der Waals surface area contributed by atoms with Crippen molar-refractivity contribution in [3.63, 3.8) is 0 Å². The van der Waals surface area contributed by atoms with E-state index in [-0.39, 0.29) is 0 Å². The van der Waals surface area contributed by atoms with Gasteiger partial charge in [0.2, 0.25) is 0 Å². The van der Waals surface area contributed by atoms with Gasteiger partial charge in [-0.25, -0.2) is 0 Å². The Bertz CT molecular complexity index is 564. The number of alkyl halides is 1. The molecule has 110 valence electrons. The fourth-order valence-corrected chi connectivity index (χ4v) is 3.91. The van der Waals surface area contributed by atoms with Crippen LogP contribution in [0.4, 0.5) is 0 Å². The highest BCUT2D eigenvalue weighted by Gasteiger charge is 2.31. The summed E-state index contributed by atoms with van der Waals surface area (Å²) in [5.74, 6) is 0.623. The second-order valence-corrected chi connectivity index (χ2v) is 6.89. The molecule has 2 aromatic carbocycles. The van der Waals surface area contributed by atoms with Gasteiger partial charge in [0.25, 0.3) is 0 Å². The van der Waals surface area contributed by atoms with E-state index >= 15 is 0 Å². The van der Waals surface area contributed by atoms with Gasteiger partial charge in [0.15, 0.2) is 0 Å². The minimum absolute atomic E-state index is 0.292. The Morgan fingerprint density at radius 1 is 1.05 bits per heavy atom. The van der Waals surface area contributed by atoms with E-state index in [1.54, 1.807) is 0 Å². The zero-order valence-corrected chi connectivity index (χ0v) is 13.9. The van der Waals surface area contributed by atoms with E-state index in [9.17, 15) is 0 Å². The lowest BCUT2D eigenvalue weighted by atomic mass is 9.96. The third-order valence-electron chi connectivity index (χ3n) is 4.28. The summed E-state index contributed by atoms with van der Waals surface area (Å²) in [4.78, 5) is 0.292. The van der Waals surface area contributed by atoms with Crippen molar-refractivity contribution in [2.24, 2.45) is 5.92 Å². The third-order valence-corrected chi connectivity index (χ3v) is 5.33.